The summed E-state index contributed by atoms with van der Waals surface area (Å²) in [5.74, 6) is 0. The van der Waals surface area contributed by atoms with Crippen LogP contribution in [0.3, 0.4) is 0 Å². The molecule has 0 aliphatic rings. The van der Waals surface area contributed by atoms with Crippen LogP contribution in [0.25, 0.3) is 33.4 Å². The number of nitrogens with zero attached hydrogens (tertiary/aromatic N) is 1. The number of rotatable bonds is 5. The van der Waals surface area contributed by atoms with Crippen molar-refractivity contribution in [2.24, 2.45) is 0 Å². The van der Waals surface area contributed by atoms with Crippen molar-refractivity contribution in [3.63, 3.8) is 0 Å². The normalized spacial score (nSPS) is 10.7. The van der Waals surface area contributed by atoms with Gasteiger partial charge >= 0.3 is 0 Å². The molecular weight excluding hydrogens is 386 g/mol. The maximum Gasteiger partial charge on any atom is 0.0487 e. The van der Waals surface area contributed by atoms with Crippen LogP contribution in [0.15, 0.2) is 133 Å². The van der Waals surface area contributed by atoms with Gasteiger partial charge in [0.1, 0.15) is 0 Å². The molecule has 0 N–H and O–H groups in total. The first-order chi connectivity index (χ1) is 15.8. The van der Waals surface area contributed by atoms with Crippen molar-refractivity contribution in [2.75, 3.05) is 11.9 Å². The molecule has 0 unspecified atom stereocenters. The molecular formula is C31H25N. The summed E-state index contributed by atoms with van der Waals surface area (Å²) in [6, 6.07) is 47.2. The fourth-order valence-electron chi connectivity index (χ4n) is 4.24. The van der Waals surface area contributed by atoms with Crippen molar-refractivity contribution in [2.45, 2.75) is 0 Å². The molecule has 0 spiro atoms. The first-order valence-electron chi connectivity index (χ1n) is 10.9. The van der Waals surface area contributed by atoms with Gasteiger partial charge in [-0.25, -0.2) is 0 Å². The van der Waals surface area contributed by atoms with E-state index in [0.717, 1.165) is 5.69 Å². The monoisotopic (exact) mass is 411 g/mol. The Kier molecular flexibility index (Phi) is 5.55. The van der Waals surface area contributed by atoms with Crippen LogP contribution in [0.5, 0.6) is 0 Å². The van der Waals surface area contributed by atoms with E-state index in [1.54, 1.807) is 0 Å². The summed E-state index contributed by atoms with van der Waals surface area (Å²) in [6.07, 6.45) is 0. The average Bonchev–Trinajstić information content (AvgIpc) is 2.89. The predicted molar refractivity (Wildman–Crippen MR) is 137 cm³/mol. The van der Waals surface area contributed by atoms with E-state index in [2.05, 4.69) is 145 Å². The fourth-order valence-corrected chi connectivity index (χ4v) is 4.24. The van der Waals surface area contributed by atoms with Gasteiger partial charge in [-0.05, 0) is 46.0 Å². The van der Waals surface area contributed by atoms with Crippen LogP contribution in [0, 0.1) is 0 Å². The molecule has 0 heterocycles. The Balaban J connectivity index is 1.49. The summed E-state index contributed by atoms with van der Waals surface area (Å²) in [7, 11) is 2.13. The molecule has 0 amide bonds. The molecule has 0 radical (unpaired) electrons. The lowest BCUT2D eigenvalue weighted by atomic mass is 9.94. The van der Waals surface area contributed by atoms with Crippen LogP contribution in [0.1, 0.15) is 0 Å². The molecule has 0 aliphatic carbocycles. The minimum Gasteiger partial charge on any atom is -0.344 e. The van der Waals surface area contributed by atoms with Crippen LogP contribution in [-0.4, -0.2) is 7.05 Å². The quantitative estimate of drug-likeness (QED) is 0.280. The van der Waals surface area contributed by atoms with Crippen molar-refractivity contribution in [3.8, 4) is 33.4 Å². The molecule has 0 saturated carbocycles. The van der Waals surface area contributed by atoms with E-state index < -0.39 is 0 Å². The van der Waals surface area contributed by atoms with Crippen LogP contribution >= 0.6 is 0 Å². The zero-order valence-corrected chi connectivity index (χ0v) is 18.1. The Morgan fingerprint density at radius 1 is 0.375 bits per heavy atom. The van der Waals surface area contributed by atoms with E-state index in [9.17, 15) is 0 Å². The lowest BCUT2D eigenvalue weighted by Gasteiger charge is -2.23. The van der Waals surface area contributed by atoms with Gasteiger partial charge in [0.25, 0.3) is 0 Å². The lowest BCUT2D eigenvalue weighted by molar-refractivity contribution is 1.21. The summed E-state index contributed by atoms with van der Waals surface area (Å²) < 4.78 is 0. The zero-order chi connectivity index (χ0) is 21.8. The Bertz CT molecular complexity index is 1310. The van der Waals surface area contributed by atoms with E-state index >= 15 is 0 Å². The summed E-state index contributed by atoms with van der Waals surface area (Å²) in [4.78, 5) is 2.26. The van der Waals surface area contributed by atoms with Gasteiger partial charge in [0, 0.05) is 24.0 Å². The fraction of sp³-hybridized carbons (Fsp3) is 0.0323. The van der Waals surface area contributed by atoms with Gasteiger partial charge in [-0.1, -0.05) is 115 Å². The smallest absolute Gasteiger partial charge is 0.0487 e. The number of benzene rings is 5. The Labute approximate surface area is 190 Å². The van der Waals surface area contributed by atoms with Crippen molar-refractivity contribution < 1.29 is 0 Å². The molecule has 1 heteroatoms. The van der Waals surface area contributed by atoms with Gasteiger partial charge in [-0.15, -0.1) is 0 Å². The topological polar surface area (TPSA) is 3.24 Å². The minimum atomic E-state index is 1.16. The summed E-state index contributed by atoms with van der Waals surface area (Å²) in [5, 5.41) is 0. The van der Waals surface area contributed by atoms with E-state index in [1.807, 2.05) is 0 Å². The third kappa shape index (κ3) is 3.93. The molecule has 154 valence electrons. The Morgan fingerprint density at radius 2 is 0.781 bits per heavy atom. The molecule has 1 nitrogen and oxygen atoms in total. The van der Waals surface area contributed by atoms with Crippen LogP contribution in [0.2, 0.25) is 0 Å². The second-order valence-electron chi connectivity index (χ2n) is 7.90. The number of para-hydroxylation sites is 1. The van der Waals surface area contributed by atoms with Gasteiger partial charge in [0.05, 0.1) is 0 Å². The standard InChI is InChI=1S/C31H25N/c1-32(31-19-11-10-18-30(31)25-14-6-3-7-15-25)27-22-20-26(21-23-27)29-17-9-8-16-28(29)24-12-4-2-5-13-24/h2-23H,1H3. The molecule has 0 atom stereocenters. The third-order valence-corrected chi connectivity index (χ3v) is 5.93. The average molecular weight is 412 g/mol. The van der Waals surface area contributed by atoms with Crippen LogP contribution in [0.4, 0.5) is 11.4 Å². The second-order valence-corrected chi connectivity index (χ2v) is 7.90. The molecule has 0 saturated heterocycles. The molecule has 0 aromatic heterocycles. The largest absolute Gasteiger partial charge is 0.344 e. The first kappa shape index (κ1) is 19.8. The van der Waals surface area contributed by atoms with Gasteiger partial charge in [0.2, 0.25) is 0 Å². The molecule has 0 fully saturated rings. The highest BCUT2D eigenvalue weighted by Gasteiger charge is 2.12. The zero-order valence-electron chi connectivity index (χ0n) is 18.1. The van der Waals surface area contributed by atoms with Gasteiger partial charge in [0.15, 0.2) is 0 Å². The first-order valence-corrected chi connectivity index (χ1v) is 10.9. The maximum atomic E-state index is 2.26. The van der Waals surface area contributed by atoms with Crippen molar-refractivity contribution in [1.82, 2.24) is 0 Å². The van der Waals surface area contributed by atoms with Gasteiger partial charge < -0.3 is 4.90 Å². The summed E-state index contributed by atoms with van der Waals surface area (Å²) >= 11 is 0. The highest BCUT2D eigenvalue weighted by molar-refractivity contribution is 5.85. The molecule has 0 bridgehead atoms. The lowest BCUT2D eigenvalue weighted by Crippen LogP contribution is -2.10. The van der Waals surface area contributed by atoms with E-state index in [4.69, 9.17) is 0 Å². The maximum absolute atomic E-state index is 2.26. The van der Waals surface area contributed by atoms with E-state index in [1.165, 1.54) is 39.1 Å². The van der Waals surface area contributed by atoms with Crippen molar-refractivity contribution in [3.05, 3.63) is 133 Å². The van der Waals surface area contributed by atoms with Crippen molar-refractivity contribution in [1.29, 1.82) is 0 Å². The predicted octanol–water partition coefficient (Wildman–Crippen LogP) is 8.46. The summed E-state index contributed by atoms with van der Waals surface area (Å²) in [5.41, 5.74) is 9.77. The Hall–Kier alpha value is -4.10. The molecule has 5 aromatic rings. The number of anilines is 2. The number of hydrogen-bond acceptors (Lipinski definition) is 1. The van der Waals surface area contributed by atoms with E-state index in [-0.39, 0.29) is 0 Å². The second kappa shape index (κ2) is 8.95. The highest BCUT2D eigenvalue weighted by Crippen LogP contribution is 2.36. The minimum absolute atomic E-state index is 1.16. The SMILES string of the molecule is CN(c1ccc(-c2ccccc2-c2ccccc2)cc1)c1ccccc1-c1ccccc1. The Morgan fingerprint density at radius 3 is 1.34 bits per heavy atom. The summed E-state index contributed by atoms with van der Waals surface area (Å²) in [6.45, 7) is 0. The van der Waals surface area contributed by atoms with Crippen molar-refractivity contribution >= 4 is 11.4 Å². The molecule has 0 aliphatic heterocycles. The van der Waals surface area contributed by atoms with Gasteiger partial charge in [-0.3, -0.25) is 0 Å². The van der Waals surface area contributed by atoms with Crippen LogP contribution < -0.4 is 4.90 Å². The third-order valence-electron chi connectivity index (χ3n) is 5.93. The molecule has 5 aromatic carbocycles. The molecule has 32 heavy (non-hydrogen) atoms. The molecule has 5 rings (SSSR count). The number of hydrogen-bond donors (Lipinski definition) is 0. The van der Waals surface area contributed by atoms with Crippen LogP contribution in [-0.2, 0) is 0 Å². The van der Waals surface area contributed by atoms with E-state index in [0.29, 0.717) is 0 Å². The van der Waals surface area contributed by atoms with Gasteiger partial charge in [-0.2, -0.15) is 0 Å². The highest BCUT2D eigenvalue weighted by atomic mass is 15.1.